The van der Waals surface area contributed by atoms with Gasteiger partial charge < -0.3 is 4.74 Å². The van der Waals surface area contributed by atoms with Crippen LogP contribution < -0.4 is 4.74 Å². The molecule has 0 spiro atoms. The van der Waals surface area contributed by atoms with Crippen LogP contribution in [-0.2, 0) is 4.79 Å². The van der Waals surface area contributed by atoms with Crippen molar-refractivity contribution in [2.24, 2.45) is 0 Å². The number of halogens is 2. The first-order chi connectivity index (χ1) is 14.0. The quantitative estimate of drug-likeness (QED) is 0.197. The molecule has 5 heteroatoms. The Morgan fingerprint density at radius 1 is 0.759 bits per heavy atom. The lowest BCUT2D eigenvalue weighted by molar-refractivity contribution is -0.128. The molecule has 144 valence electrons. The molecule has 3 rings (SSSR count). The monoisotopic (exact) mass is 422 g/mol. The molecule has 3 aromatic carbocycles. The van der Waals surface area contributed by atoms with E-state index in [2.05, 4.69) is 0 Å². The molecule has 0 saturated carbocycles. The van der Waals surface area contributed by atoms with Crippen molar-refractivity contribution in [1.82, 2.24) is 0 Å². The van der Waals surface area contributed by atoms with Gasteiger partial charge in [-0.2, -0.15) is 0 Å². The normalized spacial score (nSPS) is 11.1. The fourth-order valence-electron chi connectivity index (χ4n) is 2.51. The van der Waals surface area contributed by atoms with Crippen LogP contribution in [0.1, 0.15) is 21.5 Å². The number of ketones is 1. The number of allylic oxidation sites excluding steroid dienone is 1. The van der Waals surface area contributed by atoms with Gasteiger partial charge in [-0.3, -0.25) is 4.79 Å². The number of esters is 1. The van der Waals surface area contributed by atoms with E-state index in [1.807, 2.05) is 6.07 Å². The minimum Gasteiger partial charge on any atom is -0.423 e. The molecule has 0 bridgehead atoms. The molecule has 3 aromatic rings. The summed E-state index contributed by atoms with van der Waals surface area (Å²) in [6.07, 6.45) is 5.94. The largest absolute Gasteiger partial charge is 0.423 e. The van der Waals surface area contributed by atoms with Crippen LogP contribution in [0, 0.1) is 0 Å². The maximum atomic E-state index is 12.6. The Kier molecular flexibility index (Phi) is 7.01. The Labute approximate surface area is 178 Å². The molecular weight excluding hydrogens is 407 g/mol. The zero-order chi connectivity index (χ0) is 20.6. The average Bonchev–Trinajstić information content (AvgIpc) is 2.73. The highest BCUT2D eigenvalue weighted by Gasteiger charge is 2.12. The van der Waals surface area contributed by atoms with Crippen molar-refractivity contribution in [3.05, 3.63) is 112 Å². The van der Waals surface area contributed by atoms with E-state index < -0.39 is 5.97 Å². The van der Waals surface area contributed by atoms with E-state index >= 15 is 0 Å². The van der Waals surface area contributed by atoms with Gasteiger partial charge in [0.05, 0.1) is 5.56 Å². The Balaban J connectivity index is 1.72. The van der Waals surface area contributed by atoms with Crippen molar-refractivity contribution in [3.8, 4) is 5.75 Å². The van der Waals surface area contributed by atoms with Gasteiger partial charge in [0.25, 0.3) is 0 Å². The standard InChI is InChI=1S/C24H16Cl2O3/c25-19-13-9-17(10-14-19)11-15-22(27)20-6-2-4-8-23(20)29-24(28)16-12-18-5-1-3-7-21(18)26/h1-16H/b15-11+,16-12+. The lowest BCUT2D eigenvalue weighted by Crippen LogP contribution is -2.07. The van der Waals surface area contributed by atoms with E-state index in [9.17, 15) is 9.59 Å². The van der Waals surface area contributed by atoms with Gasteiger partial charge in [0.2, 0.25) is 0 Å². The van der Waals surface area contributed by atoms with E-state index in [1.165, 1.54) is 12.2 Å². The molecule has 0 fully saturated rings. The SMILES string of the molecule is O=C(/C=C/c1ccccc1Cl)Oc1ccccc1C(=O)/C=C/c1ccc(Cl)cc1. The van der Waals surface area contributed by atoms with E-state index in [0.717, 1.165) is 5.56 Å². The molecule has 0 aliphatic heterocycles. The number of carbonyl (C=O) groups excluding carboxylic acids is 2. The summed E-state index contributed by atoms with van der Waals surface area (Å²) in [5.74, 6) is -0.697. The lowest BCUT2D eigenvalue weighted by atomic mass is 10.1. The molecule has 0 saturated heterocycles. The fourth-order valence-corrected chi connectivity index (χ4v) is 2.83. The molecule has 0 unspecified atom stereocenters. The third kappa shape index (κ3) is 5.92. The summed E-state index contributed by atoms with van der Waals surface area (Å²) in [6.45, 7) is 0. The van der Waals surface area contributed by atoms with Crippen LogP contribution in [0.3, 0.4) is 0 Å². The second-order valence-electron chi connectivity index (χ2n) is 6.02. The van der Waals surface area contributed by atoms with Crippen molar-refractivity contribution in [2.45, 2.75) is 0 Å². The minimum atomic E-state index is -0.605. The first-order valence-corrected chi connectivity index (χ1v) is 9.50. The van der Waals surface area contributed by atoms with Gasteiger partial charge in [-0.25, -0.2) is 4.79 Å². The van der Waals surface area contributed by atoms with Crippen LogP contribution >= 0.6 is 23.2 Å². The topological polar surface area (TPSA) is 43.4 Å². The van der Waals surface area contributed by atoms with Crippen LogP contribution in [0.2, 0.25) is 10.0 Å². The summed E-state index contributed by atoms with van der Waals surface area (Å²) in [4.78, 5) is 24.8. The fraction of sp³-hybridized carbons (Fsp3) is 0. The van der Waals surface area contributed by atoms with Crippen molar-refractivity contribution in [1.29, 1.82) is 0 Å². The highest BCUT2D eigenvalue weighted by Crippen LogP contribution is 2.21. The van der Waals surface area contributed by atoms with Gasteiger partial charge in [-0.1, -0.05) is 71.7 Å². The third-order valence-corrected chi connectivity index (χ3v) is 4.56. The number of benzene rings is 3. The summed E-state index contributed by atoms with van der Waals surface area (Å²) < 4.78 is 5.36. The Bertz CT molecular complexity index is 1080. The number of para-hydroxylation sites is 1. The highest BCUT2D eigenvalue weighted by molar-refractivity contribution is 6.32. The average molecular weight is 423 g/mol. The molecule has 0 radical (unpaired) electrons. The molecule has 0 atom stereocenters. The molecule has 0 aromatic heterocycles. The summed E-state index contributed by atoms with van der Waals surface area (Å²) in [7, 11) is 0. The third-order valence-electron chi connectivity index (χ3n) is 3.96. The number of carbonyl (C=O) groups is 2. The maximum absolute atomic E-state index is 12.6. The molecule has 0 aliphatic rings. The predicted molar refractivity (Wildman–Crippen MR) is 117 cm³/mol. The second-order valence-corrected chi connectivity index (χ2v) is 6.86. The van der Waals surface area contributed by atoms with E-state index in [4.69, 9.17) is 27.9 Å². The van der Waals surface area contributed by atoms with Gasteiger partial charge >= 0.3 is 5.97 Å². The predicted octanol–water partition coefficient (Wildman–Crippen LogP) is 6.51. The first-order valence-electron chi connectivity index (χ1n) is 8.74. The maximum Gasteiger partial charge on any atom is 0.336 e. The Morgan fingerprint density at radius 2 is 1.45 bits per heavy atom. The smallest absolute Gasteiger partial charge is 0.336 e. The number of ether oxygens (including phenoxy) is 1. The van der Waals surface area contributed by atoms with Gasteiger partial charge in [0.15, 0.2) is 5.78 Å². The highest BCUT2D eigenvalue weighted by atomic mass is 35.5. The van der Waals surface area contributed by atoms with Crippen molar-refractivity contribution >= 4 is 47.1 Å². The molecule has 0 aliphatic carbocycles. The van der Waals surface area contributed by atoms with Crippen LogP contribution in [-0.4, -0.2) is 11.8 Å². The zero-order valence-electron chi connectivity index (χ0n) is 15.2. The molecule has 3 nitrogen and oxygen atoms in total. The zero-order valence-corrected chi connectivity index (χ0v) is 16.7. The summed E-state index contributed by atoms with van der Waals surface area (Å²) in [5.41, 5.74) is 1.82. The van der Waals surface area contributed by atoms with Crippen LogP contribution in [0.4, 0.5) is 0 Å². The summed E-state index contributed by atoms with van der Waals surface area (Å²) in [5, 5.41) is 1.15. The summed E-state index contributed by atoms with van der Waals surface area (Å²) >= 11 is 11.9. The molecule has 0 heterocycles. The van der Waals surface area contributed by atoms with Crippen LogP contribution in [0.5, 0.6) is 5.75 Å². The van der Waals surface area contributed by atoms with Crippen LogP contribution in [0.15, 0.2) is 84.9 Å². The van der Waals surface area contributed by atoms with Crippen molar-refractivity contribution < 1.29 is 14.3 Å². The lowest BCUT2D eigenvalue weighted by Gasteiger charge is -2.06. The molecular formula is C24H16Cl2O3. The summed E-state index contributed by atoms with van der Waals surface area (Å²) in [6, 6.07) is 20.8. The Hall–Kier alpha value is -3.14. The minimum absolute atomic E-state index is 0.187. The number of hydrogen-bond acceptors (Lipinski definition) is 3. The van der Waals surface area contributed by atoms with Crippen molar-refractivity contribution in [3.63, 3.8) is 0 Å². The second kappa shape index (κ2) is 9.87. The van der Waals surface area contributed by atoms with Crippen molar-refractivity contribution in [2.75, 3.05) is 0 Å². The molecule has 0 amide bonds. The van der Waals surface area contributed by atoms with Gasteiger partial charge in [-0.05, 0) is 53.6 Å². The Morgan fingerprint density at radius 3 is 2.21 bits per heavy atom. The first kappa shape index (κ1) is 20.6. The molecule has 0 N–H and O–H groups in total. The molecule has 29 heavy (non-hydrogen) atoms. The van der Waals surface area contributed by atoms with Gasteiger partial charge in [-0.15, -0.1) is 0 Å². The van der Waals surface area contributed by atoms with Gasteiger partial charge in [0.1, 0.15) is 5.75 Å². The van der Waals surface area contributed by atoms with E-state index in [-0.39, 0.29) is 17.1 Å². The van der Waals surface area contributed by atoms with Gasteiger partial charge in [0, 0.05) is 16.1 Å². The number of rotatable bonds is 6. The van der Waals surface area contributed by atoms with Crippen LogP contribution in [0.25, 0.3) is 12.2 Å². The number of hydrogen-bond donors (Lipinski definition) is 0. The van der Waals surface area contributed by atoms with E-state index in [1.54, 1.807) is 78.9 Å². The van der Waals surface area contributed by atoms with E-state index in [0.29, 0.717) is 15.6 Å².